The number of hydrogen-bond donors (Lipinski definition) is 1. The molecule has 0 aromatic heterocycles. The van der Waals surface area contributed by atoms with Gasteiger partial charge < -0.3 is 5.32 Å². The summed E-state index contributed by atoms with van der Waals surface area (Å²) in [6, 6.07) is 13.8. The van der Waals surface area contributed by atoms with Gasteiger partial charge in [0.2, 0.25) is 11.8 Å². The summed E-state index contributed by atoms with van der Waals surface area (Å²) >= 11 is 1.34. The Bertz CT molecular complexity index is 922. The van der Waals surface area contributed by atoms with Crippen molar-refractivity contribution in [2.75, 3.05) is 12.4 Å². The average Bonchev–Trinajstić information content (AvgIpc) is 2.94. The van der Waals surface area contributed by atoms with Crippen molar-refractivity contribution in [1.82, 2.24) is 4.90 Å². The molecule has 2 aromatic rings. The molecule has 1 aliphatic rings. The fraction of sp³-hybridized carbons (Fsp3) is 0.318. The maximum Gasteiger partial charge on any atom is 0.242 e. The molecule has 0 unspecified atom stereocenters. The fourth-order valence-electron chi connectivity index (χ4n) is 2.97. The van der Waals surface area contributed by atoms with Crippen LogP contribution in [0.15, 0.2) is 47.5 Å². The molecule has 3 rings (SSSR count). The molecule has 0 aliphatic carbocycles. The van der Waals surface area contributed by atoms with E-state index < -0.39 is 5.25 Å². The minimum absolute atomic E-state index is 0.0926. The van der Waals surface area contributed by atoms with Gasteiger partial charge in [-0.3, -0.25) is 14.5 Å². The van der Waals surface area contributed by atoms with Crippen molar-refractivity contribution in [1.29, 1.82) is 0 Å². The average molecular weight is 396 g/mol. The summed E-state index contributed by atoms with van der Waals surface area (Å²) in [6.45, 7) is 6.09. The molecular formula is C22H25N3O2S. The largest absolute Gasteiger partial charge is 0.326 e. The first-order valence-electron chi connectivity index (χ1n) is 9.37. The molecule has 5 nitrogen and oxygen atoms in total. The van der Waals surface area contributed by atoms with E-state index in [4.69, 9.17) is 0 Å². The number of aliphatic imine (C=N–C) groups is 1. The number of thioether (sulfide) groups is 1. The lowest BCUT2D eigenvalue weighted by atomic mass is 10.1. The van der Waals surface area contributed by atoms with E-state index in [1.54, 1.807) is 7.05 Å². The van der Waals surface area contributed by atoms with Crippen molar-refractivity contribution in [3.05, 3.63) is 59.2 Å². The van der Waals surface area contributed by atoms with Crippen LogP contribution in [0.1, 0.15) is 30.0 Å². The van der Waals surface area contributed by atoms with Gasteiger partial charge in [-0.15, -0.1) is 0 Å². The fourth-order valence-corrected chi connectivity index (χ4v) is 4.12. The van der Waals surface area contributed by atoms with Gasteiger partial charge in [0.05, 0.1) is 5.69 Å². The van der Waals surface area contributed by atoms with Crippen LogP contribution >= 0.6 is 11.8 Å². The van der Waals surface area contributed by atoms with Crippen LogP contribution < -0.4 is 5.32 Å². The molecule has 2 aromatic carbocycles. The van der Waals surface area contributed by atoms with Gasteiger partial charge in [0, 0.05) is 19.2 Å². The van der Waals surface area contributed by atoms with E-state index in [1.807, 2.05) is 56.3 Å². The third kappa shape index (κ3) is 4.44. The molecule has 1 N–H and O–H groups in total. The first-order chi connectivity index (χ1) is 13.4. The second kappa shape index (κ2) is 8.61. The number of hydrogen-bond acceptors (Lipinski definition) is 4. The van der Waals surface area contributed by atoms with Crippen LogP contribution in [0, 0.1) is 13.8 Å². The molecule has 0 bridgehead atoms. The molecule has 1 aliphatic heterocycles. The van der Waals surface area contributed by atoms with Crippen LogP contribution in [0.4, 0.5) is 11.4 Å². The Labute approximate surface area is 170 Å². The number of aryl methyl sites for hydroxylation is 2. The van der Waals surface area contributed by atoms with Crippen molar-refractivity contribution in [3.8, 4) is 0 Å². The summed E-state index contributed by atoms with van der Waals surface area (Å²) < 4.78 is 0. The summed E-state index contributed by atoms with van der Waals surface area (Å²) in [6.07, 6.45) is 1.09. The quantitative estimate of drug-likeness (QED) is 0.813. The Kier molecular flexibility index (Phi) is 6.19. The molecule has 6 heteroatoms. The Hall–Kier alpha value is -2.60. The molecule has 28 heavy (non-hydrogen) atoms. The van der Waals surface area contributed by atoms with Crippen LogP contribution in [0.5, 0.6) is 0 Å². The number of amidine groups is 1. The lowest BCUT2D eigenvalue weighted by Crippen LogP contribution is -2.30. The van der Waals surface area contributed by atoms with Crippen molar-refractivity contribution in [3.63, 3.8) is 0 Å². The predicted octanol–water partition coefficient (Wildman–Crippen LogP) is 4.46. The molecule has 1 atom stereocenters. The van der Waals surface area contributed by atoms with E-state index >= 15 is 0 Å². The first-order valence-corrected chi connectivity index (χ1v) is 10.2. The van der Waals surface area contributed by atoms with E-state index in [0.717, 1.165) is 28.9 Å². The number of carbonyl (C=O) groups excluding carboxylic acids is 2. The summed E-state index contributed by atoms with van der Waals surface area (Å²) in [5.41, 5.74) is 5.00. The van der Waals surface area contributed by atoms with Gasteiger partial charge in [-0.2, -0.15) is 0 Å². The third-order valence-electron chi connectivity index (χ3n) is 4.96. The van der Waals surface area contributed by atoms with Gasteiger partial charge >= 0.3 is 0 Å². The van der Waals surface area contributed by atoms with Crippen molar-refractivity contribution >= 4 is 40.1 Å². The van der Waals surface area contributed by atoms with E-state index in [2.05, 4.69) is 17.2 Å². The summed E-state index contributed by atoms with van der Waals surface area (Å²) in [7, 11) is 1.71. The third-order valence-corrected chi connectivity index (χ3v) is 6.19. The molecule has 2 amide bonds. The van der Waals surface area contributed by atoms with Gasteiger partial charge in [0.25, 0.3) is 0 Å². The van der Waals surface area contributed by atoms with E-state index in [0.29, 0.717) is 5.17 Å². The Balaban J connectivity index is 1.68. The smallest absolute Gasteiger partial charge is 0.242 e. The minimum Gasteiger partial charge on any atom is -0.326 e. The van der Waals surface area contributed by atoms with Crippen molar-refractivity contribution in [2.45, 2.75) is 38.9 Å². The second-order valence-corrected chi connectivity index (χ2v) is 8.09. The van der Waals surface area contributed by atoms with Crippen LogP contribution in [0.25, 0.3) is 0 Å². The highest BCUT2D eigenvalue weighted by molar-refractivity contribution is 8.15. The Morgan fingerprint density at radius 1 is 1.18 bits per heavy atom. The highest BCUT2D eigenvalue weighted by Gasteiger charge is 2.37. The molecule has 0 radical (unpaired) electrons. The maximum absolute atomic E-state index is 12.6. The normalized spacial score (nSPS) is 18.0. The second-order valence-electron chi connectivity index (χ2n) is 6.92. The molecule has 146 valence electrons. The number of benzene rings is 2. The molecule has 1 heterocycles. The predicted molar refractivity (Wildman–Crippen MR) is 116 cm³/mol. The standard InChI is InChI=1S/C22H25N3O2S/c1-5-16-9-11-17(12-10-16)23-22-25(4)21(27)19(28-22)13-20(26)24-18-8-6-7-14(2)15(18)3/h6-12,19H,5,13H2,1-4H3,(H,24,26)/t19-/m1/s1. The zero-order valence-electron chi connectivity index (χ0n) is 16.7. The number of amides is 2. The van der Waals surface area contributed by atoms with Crippen molar-refractivity contribution < 1.29 is 9.59 Å². The number of rotatable bonds is 5. The molecular weight excluding hydrogens is 370 g/mol. The number of carbonyl (C=O) groups is 2. The lowest BCUT2D eigenvalue weighted by molar-refractivity contribution is -0.127. The van der Waals surface area contributed by atoms with Crippen LogP contribution in [-0.2, 0) is 16.0 Å². The van der Waals surface area contributed by atoms with Crippen molar-refractivity contribution in [2.24, 2.45) is 4.99 Å². The van der Waals surface area contributed by atoms with Gasteiger partial charge in [0.15, 0.2) is 5.17 Å². The number of nitrogens with zero attached hydrogens (tertiary/aromatic N) is 2. The van der Waals surface area contributed by atoms with Crippen LogP contribution in [0.2, 0.25) is 0 Å². The summed E-state index contributed by atoms with van der Waals surface area (Å²) in [5.74, 6) is -0.258. The lowest BCUT2D eigenvalue weighted by Gasteiger charge is -2.12. The number of nitrogens with one attached hydrogen (secondary N) is 1. The van der Waals surface area contributed by atoms with E-state index in [9.17, 15) is 9.59 Å². The topological polar surface area (TPSA) is 61.8 Å². The SMILES string of the molecule is CCc1ccc(N=C2S[C@H](CC(=O)Nc3cccc(C)c3C)C(=O)N2C)cc1. The minimum atomic E-state index is -0.455. The molecule has 0 spiro atoms. The van der Waals surface area contributed by atoms with Crippen LogP contribution in [0.3, 0.4) is 0 Å². The van der Waals surface area contributed by atoms with Gasteiger partial charge in [-0.1, -0.05) is 43.0 Å². The Morgan fingerprint density at radius 3 is 2.57 bits per heavy atom. The van der Waals surface area contributed by atoms with E-state index in [1.165, 1.54) is 22.2 Å². The summed E-state index contributed by atoms with van der Waals surface area (Å²) in [5, 5.41) is 3.10. The van der Waals surface area contributed by atoms with E-state index in [-0.39, 0.29) is 18.2 Å². The molecule has 1 fully saturated rings. The highest BCUT2D eigenvalue weighted by Crippen LogP contribution is 2.31. The summed E-state index contributed by atoms with van der Waals surface area (Å²) in [4.78, 5) is 31.2. The Morgan fingerprint density at radius 2 is 1.89 bits per heavy atom. The van der Waals surface area contributed by atoms with Gasteiger partial charge in [-0.25, -0.2) is 4.99 Å². The van der Waals surface area contributed by atoms with Gasteiger partial charge in [0.1, 0.15) is 5.25 Å². The zero-order chi connectivity index (χ0) is 20.3. The van der Waals surface area contributed by atoms with Gasteiger partial charge in [-0.05, 0) is 55.2 Å². The zero-order valence-corrected chi connectivity index (χ0v) is 17.5. The molecule has 1 saturated heterocycles. The number of anilines is 1. The first kappa shape index (κ1) is 20.1. The highest BCUT2D eigenvalue weighted by atomic mass is 32.2. The maximum atomic E-state index is 12.6. The molecule has 0 saturated carbocycles. The van der Waals surface area contributed by atoms with Crippen LogP contribution in [-0.4, -0.2) is 34.2 Å². The monoisotopic (exact) mass is 395 g/mol.